The van der Waals surface area contributed by atoms with Gasteiger partial charge in [-0.25, -0.2) is 0 Å². The third-order valence-electron chi connectivity index (χ3n) is 4.69. The number of nitrogens with one attached hydrogen (secondary N) is 2. The van der Waals surface area contributed by atoms with Gasteiger partial charge in [0, 0.05) is 17.3 Å². The van der Waals surface area contributed by atoms with Crippen LogP contribution in [-0.2, 0) is 11.0 Å². The highest BCUT2D eigenvalue weighted by atomic mass is 19.4. The summed E-state index contributed by atoms with van der Waals surface area (Å²) in [4.78, 5) is 24.7. The molecule has 7 nitrogen and oxygen atoms in total. The number of alkyl halides is 3. The number of rotatable bonds is 9. The first-order valence-corrected chi connectivity index (χ1v) is 10.5. The van der Waals surface area contributed by atoms with E-state index in [9.17, 15) is 22.8 Å². The molecule has 0 aliphatic rings. The van der Waals surface area contributed by atoms with Crippen molar-refractivity contribution in [1.82, 2.24) is 0 Å². The Morgan fingerprint density at radius 2 is 1.63 bits per heavy atom. The molecule has 2 amide bonds. The van der Waals surface area contributed by atoms with Gasteiger partial charge in [0.05, 0.1) is 25.0 Å². The summed E-state index contributed by atoms with van der Waals surface area (Å²) in [7, 11) is 1.52. The number of ether oxygens (including phenoxy) is 3. The molecule has 0 aliphatic carbocycles. The largest absolute Gasteiger partial charge is 0.497 e. The van der Waals surface area contributed by atoms with Gasteiger partial charge in [0.15, 0.2) is 6.61 Å². The fourth-order valence-electron chi connectivity index (χ4n) is 3.03. The average molecular weight is 488 g/mol. The van der Waals surface area contributed by atoms with Crippen LogP contribution in [-0.4, -0.2) is 32.1 Å². The summed E-state index contributed by atoms with van der Waals surface area (Å²) in [5, 5.41) is 5.13. The molecule has 3 aromatic rings. The van der Waals surface area contributed by atoms with Gasteiger partial charge in [-0.05, 0) is 61.5 Å². The van der Waals surface area contributed by atoms with E-state index in [4.69, 9.17) is 14.2 Å². The van der Waals surface area contributed by atoms with Crippen molar-refractivity contribution in [3.05, 3.63) is 77.9 Å². The van der Waals surface area contributed by atoms with E-state index in [1.54, 1.807) is 31.2 Å². The molecule has 0 aromatic heterocycles. The minimum absolute atomic E-state index is 0.0961. The Kier molecular flexibility index (Phi) is 8.19. The Morgan fingerprint density at radius 3 is 2.29 bits per heavy atom. The first-order valence-electron chi connectivity index (χ1n) is 10.5. The van der Waals surface area contributed by atoms with Gasteiger partial charge in [0.25, 0.3) is 11.8 Å². The lowest BCUT2D eigenvalue weighted by Crippen LogP contribution is -2.20. The lowest BCUT2D eigenvalue weighted by Gasteiger charge is -2.15. The second kappa shape index (κ2) is 11.3. The summed E-state index contributed by atoms with van der Waals surface area (Å²) in [6, 6.07) is 15.5. The molecule has 0 heterocycles. The fourth-order valence-corrected chi connectivity index (χ4v) is 3.03. The second-order valence-electron chi connectivity index (χ2n) is 7.19. The molecule has 0 saturated carbocycles. The molecule has 0 radical (unpaired) electrons. The van der Waals surface area contributed by atoms with Gasteiger partial charge in [-0.15, -0.1) is 0 Å². The molecule has 0 saturated heterocycles. The molecule has 0 fully saturated rings. The number of carbonyl (C=O) groups is 2. The van der Waals surface area contributed by atoms with Crippen LogP contribution in [0.1, 0.15) is 22.8 Å². The first kappa shape index (κ1) is 25.4. The number of amides is 2. The van der Waals surface area contributed by atoms with Crippen molar-refractivity contribution in [1.29, 1.82) is 0 Å². The Labute approximate surface area is 199 Å². The third-order valence-corrected chi connectivity index (χ3v) is 4.69. The van der Waals surface area contributed by atoms with E-state index in [1.807, 2.05) is 0 Å². The molecule has 0 unspecified atom stereocenters. The monoisotopic (exact) mass is 488 g/mol. The predicted octanol–water partition coefficient (Wildman–Crippen LogP) is 5.38. The maximum atomic E-state index is 13.1. The number of hydrogen-bond acceptors (Lipinski definition) is 5. The SMILES string of the molecule is CCOc1ccc(C(F)(F)F)cc1NC(=O)c1ccc(OCC(=O)Nc2cccc(OC)c2)cc1. The van der Waals surface area contributed by atoms with E-state index in [0.717, 1.165) is 18.2 Å². The fraction of sp³-hybridized carbons (Fsp3) is 0.200. The third kappa shape index (κ3) is 7.13. The van der Waals surface area contributed by atoms with E-state index in [0.29, 0.717) is 17.2 Å². The van der Waals surface area contributed by atoms with Crippen molar-refractivity contribution in [2.24, 2.45) is 0 Å². The van der Waals surface area contributed by atoms with Gasteiger partial charge in [0.2, 0.25) is 0 Å². The van der Waals surface area contributed by atoms with Crippen molar-refractivity contribution < 1.29 is 37.0 Å². The van der Waals surface area contributed by atoms with Crippen LogP contribution in [0.2, 0.25) is 0 Å². The topological polar surface area (TPSA) is 85.9 Å². The van der Waals surface area contributed by atoms with Gasteiger partial charge in [-0.2, -0.15) is 13.2 Å². The smallest absolute Gasteiger partial charge is 0.416 e. The van der Waals surface area contributed by atoms with Crippen molar-refractivity contribution >= 4 is 23.2 Å². The molecule has 0 bridgehead atoms. The highest BCUT2D eigenvalue weighted by molar-refractivity contribution is 6.05. The highest BCUT2D eigenvalue weighted by Gasteiger charge is 2.31. The van der Waals surface area contributed by atoms with Crippen LogP contribution in [0.25, 0.3) is 0 Å². The average Bonchev–Trinajstić information content (AvgIpc) is 2.83. The van der Waals surface area contributed by atoms with Crippen LogP contribution in [0.15, 0.2) is 66.7 Å². The van der Waals surface area contributed by atoms with Crippen LogP contribution in [0, 0.1) is 0 Å². The Hall–Kier alpha value is -4.21. The molecular formula is C25H23F3N2O5. The highest BCUT2D eigenvalue weighted by Crippen LogP contribution is 2.35. The molecule has 0 atom stereocenters. The predicted molar refractivity (Wildman–Crippen MR) is 124 cm³/mol. The van der Waals surface area contributed by atoms with Gasteiger partial charge < -0.3 is 24.8 Å². The Morgan fingerprint density at radius 1 is 0.886 bits per heavy atom. The summed E-state index contributed by atoms with van der Waals surface area (Å²) in [5.74, 6) is 0.0176. The van der Waals surface area contributed by atoms with Gasteiger partial charge in [-0.1, -0.05) is 6.07 Å². The minimum atomic E-state index is -4.57. The zero-order chi connectivity index (χ0) is 25.4. The molecule has 0 spiro atoms. The van der Waals surface area contributed by atoms with E-state index in [-0.39, 0.29) is 30.2 Å². The van der Waals surface area contributed by atoms with E-state index < -0.39 is 23.6 Å². The van der Waals surface area contributed by atoms with Crippen LogP contribution >= 0.6 is 0 Å². The second-order valence-corrected chi connectivity index (χ2v) is 7.19. The molecule has 184 valence electrons. The normalized spacial score (nSPS) is 10.9. The summed E-state index contributed by atoms with van der Waals surface area (Å²) in [6.07, 6.45) is -4.57. The zero-order valence-corrected chi connectivity index (χ0v) is 18.9. The summed E-state index contributed by atoms with van der Waals surface area (Å²) >= 11 is 0. The van der Waals surface area contributed by atoms with Gasteiger partial charge >= 0.3 is 6.18 Å². The number of methoxy groups -OCH3 is 1. The lowest BCUT2D eigenvalue weighted by atomic mass is 10.1. The van der Waals surface area contributed by atoms with E-state index >= 15 is 0 Å². The summed E-state index contributed by atoms with van der Waals surface area (Å²) in [6.45, 7) is 1.62. The molecule has 10 heteroatoms. The van der Waals surface area contributed by atoms with Gasteiger partial charge in [-0.3, -0.25) is 9.59 Å². The van der Waals surface area contributed by atoms with E-state index in [1.165, 1.54) is 31.4 Å². The summed E-state index contributed by atoms with van der Waals surface area (Å²) < 4.78 is 55.1. The van der Waals surface area contributed by atoms with Crippen LogP contribution in [0.4, 0.5) is 24.5 Å². The minimum Gasteiger partial charge on any atom is -0.497 e. The lowest BCUT2D eigenvalue weighted by molar-refractivity contribution is -0.137. The molecule has 3 rings (SSSR count). The molecular weight excluding hydrogens is 465 g/mol. The summed E-state index contributed by atoms with van der Waals surface area (Å²) in [5.41, 5.74) is -0.280. The Balaban J connectivity index is 1.61. The van der Waals surface area contributed by atoms with Crippen molar-refractivity contribution in [3.63, 3.8) is 0 Å². The molecule has 0 aliphatic heterocycles. The van der Waals surface area contributed by atoms with Gasteiger partial charge in [0.1, 0.15) is 17.2 Å². The quantitative estimate of drug-likeness (QED) is 0.422. The van der Waals surface area contributed by atoms with Crippen LogP contribution < -0.4 is 24.8 Å². The number of hydrogen-bond donors (Lipinski definition) is 2. The number of benzene rings is 3. The van der Waals surface area contributed by atoms with Crippen LogP contribution in [0.3, 0.4) is 0 Å². The molecule has 2 N–H and O–H groups in total. The maximum Gasteiger partial charge on any atom is 0.416 e. The van der Waals surface area contributed by atoms with Crippen molar-refractivity contribution in [2.75, 3.05) is 31.0 Å². The molecule has 35 heavy (non-hydrogen) atoms. The number of anilines is 2. The van der Waals surface area contributed by atoms with Crippen LogP contribution in [0.5, 0.6) is 17.2 Å². The van der Waals surface area contributed by atoms with Crippen molar-refractivity contribution in [2.45, 2.75) is 13.1 Å². The Bertz CT molecular complexity index is 1180. The zero-order valence-electron chi connectivity index (χ0n) is 18.9. The number of carbonyl (C=O) groups excluding carboxylic acids is 2. The van der Waals surface area contributed by atoms with E-state index in [2.05, 4.69) is 10.6 Å². The first-order chi connectivity index (χ1) is 16.7. The van der Waals surface area contributed by atoms with Crippen molar-refractivity contribution in [3.8, 4) is 17.2 Å². The number of halogens is 3. The molecule has 3 aromatic carbocycles. The maximum absolute atomic E-state index is 13.1. The standard InChI is InChI=1S/C25H23F3N2O5/c1-3-34-22-12-9-17(25(26,27)28)13-21(22)30-24(32)16-7-10-19(11-8-16)35-15-23(31)29-18-5-4-6-20(14-18)33-2/h4-14H,3,15H2,1-2H3,(H,29,31)(H,30,32).